The van der Waals surface area contributed by atoms with Crippen LogP contribution in [0.25, 0.3) is 266 Å². The number of fused-ring (bicyclic) bond motifs is 12. The van der Waals surface area contributed by atoms with E-state index in [-0.39, 0.29) is 0 Å². The summed E-state index contributed by atoms with van der Waals surface area (Å²) < 4.78 is 9.70. The number of para-hydroxylation sites is 6. The monoisotopic (exact) mass is 1880 g/mol. The van der Waals surface area contributed by atoms with Crippen molar-refractivity contribution in [3.63, 3.8) is 0 Å². The Morgan fingerprint density at radius 3 is 0.588 bits per heavy atom. The molecule has 0 atom stereocenters. The Hall–Kier alpha value is -19.5. The quantitative estimate of drug-likeness (QED) is 0.0816. The molecule has 0 saturated heterocycles. The van der Waals surface area contributed by atoms with E-state index in [1.54, 1.807) is 0 Å². The number of aromatic nitrogens is 4. The standard InChI is InChI=1S/2C72H48N2/c1-3-16-49(17-4-1)51-36-40-62(41-37-51)73-69-30-11-8-27-64(69)66-47-60(38-42-71(66)73)61-39-43-72-67(48-61)65-28-9-12-31-70(65)74(72)68-29-10-7-26-63(68)53-34-32-52(33-35-53)55-21-14-23-57(45-55)59-25-15-24-58(46-59)56-22-13-20-54(44-56)50-18-5-2-6-19-50;1-3-17-49(18-4-1)50-37-41-60(42-38-50)73-69-31-13-10-28-64(69)66-47-57(39-43-71(66)73)58-40-44-72-67(48-58)65-29-11-14-32-70(65)74(72)68-30-12-9-27-63(68)53-35-33-51(34-36-53)54-21-15-22-55(45-54)56-23-16-24-59(46-56)62-26-8-7-25-61(62)52-19-5-2-6-20-52/h2*1-48H. The summed E-state index contributed by atoms with van der Waals surface area (Å²) in [6.07, 6.45) is 0. The van der Waals surface area contributed by atoms with Crippen molar-refractivity contribution in [3.05, 3.63) is 582 Å². The molecule has 0 N–H and O–H groups in total. The molecule has 0 spiro atoms. The van der Waals surface area contributed by atoms with Gasteiger partial charge >= 0.3 is 0 Å². The normalized spacial score (nSPS) is 11.5. The van der Waals surface area contributed by atoms with Crippen LogP contribution in [0.15, 0.2) is 582 Å². The van der Waals surface area contributed by atoms with E-state index in [1.165, 1.54) is 243 Å². The fraction of sp³-hybridized carbons (Fsp3) is 0. The van der Waals surface area contributed by atoms with Gasteiger partial charge in [0, 0.05) is 65.6 Å². The number of rotatable bonds is 18. The van der Waals surface area contributed by atoms with E-state index in [4.69, 9.17) is 0 Å². The Morgan fingerprint density at radius 1 is 0.0878 bits per heavy atom. The van der Waals surface area contributed by atoms with Gasteiger partial charge in [0.1, 0.15) is 0 Å². The van der Waals surface area contributed by atoms with E-state index >= 15 is 0 Å². The maximum Gasteiger partial charge on any atom is 0.0541 e. The summed E-state index contributed by atoms with van der Waals surface area (Å²) >= 11 is 0. The highest BCUT2D eigenvalue weighted by molar-refractivity contribution is 6.16. The van der Waals surface area contributed by atoms with E-state index in [0.29, 0.717) is 0 Å². The zero-order chi connectivity index (χ0) is 97.9. The van der Waals surface area contributed by atoms with E-state index in [9.17, 15) is 0 Å². The average molecular weight is 1880 g/mol. The summed E-state index contributed by atoms with van der Waals surface area (Å²) in [5.74, 6) is 0. The molecule has 4 aromatic heterocycles. The SMILES string of the molecule is c1ccc(-c2ccc(-n3c4ccccc4c4cc(-c5ccc6c(c5)c5ccccc5n6-c5ccccc5-c5ccc(-c6cccc(-c7cccc(-c8cccc(-c9ccccc9)c8)c7)c6)cc5)ccc43)cc2)cc1.c1ccc(-c2ccc(-n3c4ccccc4c4cc(-c5ccc6c(c5)c5ccccc5n6-c5ccccc5-c5ccc(-c6cccc(-c7cccc(-c8ccccc8-c8ccccc8)c7)c6)cc5)ccc43)cc2)cc1. The number of hydrogen-bond acceptors (Lipinski definition) is 0. The van der Waals surface area contributed by atoms with Gasteiger partial charge in [0.25, 0.3) is 0 Å². The lowest BCUT2D eigenvalue weighted by atomic mass is 9.92. The molecule has 0 aliphatic carbocycles. The van der Waals surface area contributed by atoms with Crippen LogP contribution in [0.4, 0.5) is 0 Å². The van der Waals surface area contributed by atoms with Crippen LogP contribution in [0.5, 0.6) is 0 Å². The first kappa shape index (κ1) is 87.5. The topological polar surface area (TPSA) is 19.7 Å². The van der Waals surface area contributed by atoms with Gasteiger partial charge in [-0.05, 0) is 284 Å². The van der Waals surface area contributed by atoms with Crippen molar-refractivity contribution in [2.75, 3.05) is 0 Å². The minimum atomic E-state index is 1.15. The molecular formula is C144H96N4. The number of hydrogen-bond donors (Lipinski definition) is 0. The molecule has 28 rings (SSSR count). The lowest BCUT2D eigenvalue weighted by Gasteiger charge is -2.15. The average Bonchev–Trinajstić information content (AvgIpc) is 1.59. The lowest BCUT2D eigenvalue weighted by molar-refractivity contribution is 1.18. The van der Waals surface area contributed by atoms with Crippen LogP contribution in [-0.4, -0.2) is 18.3 Å². The Morgan fingerprint density at radius 2 is 0.264 bits per heavy atom. The third-order valence-electron chi connectivity index (χ3n) is 29.9. The van der Waals surface area contributed by atoms with Gasteiger partial charge in [-0.3, -0.25) is 0 Å². The molecule has 0 bridgehead atoms. The van der Waals surface area contributed by atoms with Crippen LogP contribution in [0.1, 0.15) is 0 Å². The third kappa shape index (κ3) is 16.1. The fourth-order valence-electron chi connectivity index (χ4n) is 22.7. The van der Waals surface area contributed by atoms with Crippen molar-refractivity contribution >= 4 is 87.2 Å². The van der Waals surface area contributed by atoms with Gasteiger partial charge < -0.3 is 18.3 Å². The second-order valence-corrected chi connectivity index (χ2v) is 38.5. The highest BCUT2D eigenvalue weighted by Crippen LogP contribution is 2.47. The van der Waals surface area contributed by atoms with Crippen molar-refractivity contribution < 1.29 is 0 Å². The van der Waals surface area contributed by atoms with Crippen LogP contribution in [0, 0.1) is 0 Å². The molecule has 0 fully saturated rings. The van der Waals surface area contributed by atoms with Crippen molar-refractivity contribution in [1.82, 2.24) is 18.3 Å². The number of nitrogens with zero attached hydrogens (tertiary/aromatic N) is 4. The first-order chi connectivity index (χ1) is 73.4. The van der Waals surface area contributed by atoms with Crippen LogP contribution in [0.3, 0.4) is 0 Å². The minimum Gasteiger partial charge on any atom is -0.309 e. The Kier molecular flexibility index (Phi) is 22.3. The van der Waals surface area contributed by atoms with Crippen LogP contribution in [-0.2, 0) is 0 Å². The van der Waals surface area contributed by atoms with Crippen molar-refractivity contribution in [2.45, 2.75) is 0 Å². The van der Waals surface area contributed by atoms with Gasteiger partial charge in [-0.1, -0.05) is 443 Å². The molecule has 0 saturated carbocycles. The summed E-state index contributed by atoms with van der Waals surface area (Å²) in [5.41, 5.74) is 47.8. The first-order valence-corrected chi connectivity index (χ1v) is 51.0. The molecule has 0 radical (unpaired) electrons. The highest BCUT2D eigenvalue weighted by atomic mass is 15.0. The van der Waals surface area contributed by atoms with E-state index in [2.05, 4.69) is 601 Å². The second-order valence-electron chi connectivity index (χ2n) is 38.5. The summed E-state index contributed by atoms with van der Waals surface area (Å²) in [6.45, 7) is 0. The maximum absolute atomic E-state index is 2.45. The maximum atomic E-state index is 2.45. The van der Waals surface area contributed by atoms with Gasteiger partial charge in [0.15, 0.2) is 0 Å². The molecule has 24 aromatic carbocycles. The predicted octanol–water partition coefficient (Wildman–Crippen LogP) is 39.1. The van der Waals surface area contributed by atoms with Crippen LogP contribution < -0.4 is 0 Å². The largest absolute Gasteiger partial charge is 0.309 e. The van der Waals surface area contributed by atoms with E-state index < -0.39 is 0 Å². The number of benzene rings is 24. The van der Waals surface area contributed by atoms with Crippen molar-refractivity contribution in [3.8, 4) is 179 Å². The van der Waals surface area contributed by atoms with Crippen molar-refractivity contribution in [2.24, 2.45) is 0 Å². The zero-order valence-electron chi connectivity index (χ0n) is 81.2. The molecule has 0 aliphatic heterocycles. The van der Waals surface area contributed by atoms with Crippen molar-refractivity contribution in [1.29, 1.82) is 0 Å². The van der Waals surface area contributed by atoms with Gasteiger partial charge in [-0.2, -0.15) is 0 Å². The van der Waals surface area contributed by atoms with Crippen LogP contribution >= 0.6 is 0 Å². The summed E-state index contributed by atoms with van der Waals surface area (Å²) in [4.78, 5) is 0. The summed E-state index contributed by atoms with van der Waals surface area (Å²) in [5, 5.41) is 9.91. The van der Waals surface area contributed by atoms with Gasteiger partial charge in [-0.25, -0.2) is 0 Å². The Bertz CT molecular complexity index is 9910. The smallest absolute Gasteiger partial charge is 0.0541 e. The minimum absolute atomic E-state index is 1.15. The molecular weight excluding hydrogens is 1790 g/mol. The molecule has 4 heterocycles. The van der Waals surface area contributed by atoms with Gasteiger partial charge in [0.05, 0.1) is 55.5 Å². The molecule has 0 unspecified atom stereocenters. The highest BCUT2D eigenvalue weighted by Gasteiger charge is 2.24. The van der Waals surface area contributed by atoms with Crippen LogP contribution in [0.2, 0.25) is 0 Å². The summed E-state index contributed by atoms with van der Waals surface area (Å²) in [7, 11) is 0. The molecule has 148 heavy (non-hydrogen) atoms. The molecule has 0 aliphatic rings. The third-order valence-corrected chi connectivity index (χ3v) is 29.9. The van der Waals surface area contributed by atoms with E-state index in [1.807, 2.05) is 0 Å². The summed E-state index contributed by atoms with van der Waals surface area (Å²) in [6, 6.07) is 213. The van der Waals surface area contributed by atoms with Gasteiger partial charge in [-0.15, -0.1) is 0 Å². The Balaban J connectivity index is 0.000000146. The predicted molar refractivity (Wildman–Crippen MR) is 626 cm³/mol. The molecule has 4 nitrogen and oxygen atoms in total. The zero-order valence-corrected chi connectivity index (χ0v) is 81.2. The molecule has 692 valence electrons. The molecule has 4 heteroatoms. The lowest BCUT2D eigenvalue weighted by Crippen LogP contribution is -1.97. The Labute approximate surface area is 860 Å². The van der Waals surface area contributed by atoms with Gasteiger partial charge in [0.2, 0.25) is 0 Å². The fourth-order valence-corrected chi connectivity index (χ4v) is 22.7. The molecule has 28 aromatic rings. The first-order valence-electron chi connectivity index (χ1n) is 51.0. The second kappa shape index (κ2) is 37.7. The van der Waals surface area contributed by atoms with E-state index in [0.717, 1.165) is 22.7 Å². The molecule has 0 amide bonds.